The van der Waals surface area contributed by atoms with Crippen molar-refractivity contribution in [2.75, 3.05) is 38.1 Å². The number of nitrogens with zero attached hydrogens (tertiary/aromatic N) is 3. The Balaban J connectivity index is 2.07. The zero-order valence-electron chi connectivity index (χ0n) is 10.5. The maximum Gasteiger partial charge on any atom is 0.177 e. The second-order valence-corrected chi connectivity index (χ2v) is 5.19. The predicted molar refractivity (Wildman–Crippen MR) is 73.0 cm³/mol. The summed E-state index contributed by atoms with van der Waals surface area (Å²) in [5.74, 6) is -1.18. The molecule has 1 aliphatic heterocycles. The third-order valence-corrected chi connectivity index (χ3v) is 3.66. The molecule has 4 nitrogen and oxygen atoms in total. The first-order valence-electron chi connectivity index (χ1n) is 6.06. The molecule has 0 radical (unpaired) electrons. The highest BCUT2D eigenvalue weighted by molar-refractivity contribution is 7.80. The van der Waals surface area contributed by atoms with Crippen molar-refractivity contribution in [3.8, 4) is 0 Å². The van der Waals surface area contributed by atoms with Gasteiger partial charge in [-0.3, -0.25) is 0 Å². The quantitative estimate of drug-likeness (QED) is 0.785. The number of H-pyrrole nitrogens is 1. The van der Waals surface area contributed by atoms with Gasteiger partial charge in [-0.1, -0.05) is 0 Å². The van der Waals surface area contributed by atoms with E-state index in [1.54, 1.807) is 4.90 Å². The molecule has 1 fully saturated rings. The minimum Gasteiger partial charge on any atom is -0.364 e. The van der Waals surface area contributed by atoms with Crippen LogP contribution < -0.4 is 4.90 Å². The van der Waals surface area contributed by atoms with Crippen LogP contribution in [-0.4, -0.2) is 48.1 Å². The number of hydrogen-bond acceptors (Lipinski definition) is 4. The fourth-order valence-electron chi connectivity index (χ4n) is 2.38. The van der Waals surface area contributed by atoms with Crippen molar-refractivity contribution in [2.45, 2.75) is 5.16 Å². The van der Waals surface area contributed by atoms with Gasteiger partial charge in [-0.2, -0.15) is 0 Å². The van der Waals surface area contributed by atoms with Crippen LogP contribution in [-0.2, 0) is 0 Å². The van der Waals surface area contributed by atoms with Crippen LogP contribution in [0.25, 0.3) is 11.0 Å². The van der Waals surface area contributed by atoms with Gasteiger partial charge in [0.05, 0.1) is 5.52 Å². The summed E-state index contributed by atoms with van der Waals surface area (Å²) in [5, 5.41) is 0.281. The van der Waals surface area contributed by atoms with Gasteiger partial charge >= 0.3 is 0 Å². The summed E-state index contributed by atoms with van der Waals surface area (Å²) in [6.07, 6.45) is 0. The number of nitrogens with one attached hydrogen (secondary N) is 1. The van der Waals surface area contributed by atoms with Crippen LogP contribution in [0.5, 0.6) is 0 Å². The van der Waals surface area contributed by atoms with Gasteiger partial charge in [0.1, 0.15) is 11.2 Å². The molecule has 2 heterocycles. The molecule has 2 aromatic rings. The summed E-state index contributed by atoms with van der Waals surface area (Å²) in [6.45, 7) is 2.78. The lowest BCUT2D eigenvalue weighted by molar-refractivity contribution is 0.310. The van der Waals surface area contributed by atoms with E-state index in [-0.39, 0.29) is 16.4 Å². The van der Waals surface area contributed by atoms with Gasteiger partial charge in [-0.15, -0.1) is 12.6 Å². The van der Waals surface area contributed by atoms with Gasteiger partial charge in [0.2, 0.25) is 0 Å². The number of rotatable bonds is 1. The van der Waals surface area contributed by atoms with Crippen LogP contribution in [0.2, 0.25) is 0 Å². The molecule has 1 aromatic carbocycles. The van der Waals surface area contributed by atoms with Gasteiger partial charge in [0.25, 0.3) is 0 Å². The van der Waals surface area contributed by atoms with Crippen LogP contribution >= 0.6 is 12.6 Å². The molecular weight excluding hydrogens is 270 g/mol. The smallest absolute Gasteiger partial charge is 0.177 e. The lowest BCUT2D eigenvalue weighted by Gasteiger charge is -2.34. The van der Waals surface area contributed by atoms with Crippen LogP contribution in [0.15, 0.2) is 11.2 Å². The van der Waals surface area contributed by atoms with E-state index in [4.69, 9.17) is 0 Å². The van der Waals surface area contributed by atoms with Gasteiger partial charge in [0.15, 0.2) is 16.8 Å². The van der Waals surface area contributed by atoms with E-state index in [2.05, 4.69) is 27.5 Å². The summed E-state index contributed by atoms with van der Waals surface area (Å²) >= 11 is 4.02. The first kappa shape index (κ1) is 12.7. The molecule has 0 unspecified atom stereocenters. The normalized spacial score (nSPS) is 17.4. The Kier molecular flexibility index (Phi) is 3.10. The van der Waals surface area contributed by atoms with Crippen molar-refractivity contribution in [3.05, 3.63) is 17.7 Å². The summed E-state index contributed by atoms with van der Waals surface area (Å²) in [7, 11) is 1.99. The number of likely N-dealkylation sites (N-methyl/N-ethyl adjacent to an activating group) is 1. The molecule has 1 N–H and O–H groups in total. The van der Waals surface area contributed by atoms with Crippen molar-refractivity contribution in [1.29, 1.82) is 0 Å². The van der Waals surface area contributed by atoms with Crippen LogP contribution in [0.1, 0.15) is 0 Å². The van der Waals surface area contributed by atoms with Gasteiger partial charge < -0.3 is 14.8 Å². The number of benzene rings is 1. The molecule has 1 saturated heterocycles. The minimum absolute atomic E-state index is 0.0143. The Morgan fingerprint density at radius 2 is 1.95 bits per heavy atom. The van der Waals surface area contributed by atoms with E-state index in [0.717, 1.165) is 13.1 Å². The van der Waals surface area contributed by atoms with E-state index in [9.17, 15) is 8.78 Å². The molecule has 0 atom stereocenters. The Bertz CT molecular complexity index is 620. The van der Waals surface area contributed by atoms with E-state index < -0.39 is 11.6 Å². The highest BCUT2D eigenvalue weighted by atomic mass is 32.1. The maximum atomic E-state index is 14.4. The van der Waals surface area contributed by atoms with Gasteiger partial charge in [-0.25, -0.2) is 13.8 Å². The second-order valence-electron chi connectivity index (χ2n) is 4.77. The maximum absolute atomic E-state index is 14.4. The van der Waals surface area contributed by atoms with E-state index in [1.807, 2.05) is 7.05 Å². The average molecular weight is 284 g/mol. The molecule has 0 aliphatic carbocycles. The van der Waals surface area contributed by atoms with Crippen LogP contribution in [0.3, 0.4) is 0 Å². The fourth-order valence-corrected chi connectivity index (χ4v) is 2.60. The van der Waals surface area contributed by atoms with Crippen molar-refractivity contribution in [2.24, 2.45) is 0 Å². The molecule has 3 rings (SSSR count). The number of imidazole rings is 1. The fraction of sp³-hybridized carbons (Fsp3) is 0.417. The summed E-state index contributed by atoms with van der Waals surface area (Å²) < 4.78 is 28.5. The lowest BCUT2D eigenvalue weighted by Crippen LogP contribution is -2.45. The zero-order valence-corrected chi connectivity index (χ0v) is 11.3. The number of anilines is 1. The van der Waals surface area contributed by atoms with Crippen LogP contribution in [0, 0.1) is 11.6 Å². The number of aromatic nitrogens is 2. The monoisotopic (exact) mass is 284 g/mol. The average Bonchev–Trinajstić information content (AvgIpc) is 2.72. The molecule has 0 spiro atoms. The lowest BCUT2D eigenvalue weighted by atomic mass is 10.2. The van der Waals surface area contributed by atoms with Crippen LogP contribution in [0.4, 0.5) is 14.5 Å². The standard InChI is InChI=1S/C12H14F2N4S/c1-17-2-4-18(5-3-17)11-7(13)6-8-10(9(11)14)16-12(19)15-8/h6H,2-5H2,1H3,(H2,15,16,19). The Hall–Kier alpha value is -1.34. The summed E-state index contributed by atoms with van der Waals surface area (Å²) in [6, 6.07) is 1.28. The minimum atomic E-state index is -0.615. The number of hydrogen-bond donors (Lipinski definition) is 2. The number of aromatic amines is 1. The number of fused-ring (bicyclic) bond motifs is 1. The third-order valence-electron chi connectivity index (χ3n) is 3.45. The molecule has 19 heavy (non-hydrogen) atoms. The summed E-state index contributed by atoms with van der Waals surface area (Å²) in [5.41, 5.74) is 0.485. The van der Waals surface area contributed by atoms with Crippen molar-refractivity contribution >= 4 is 29.3 Å². The van der Waals surface area contributed by atoms with Gasteiger partial charge in [-0.05, 0) is 7.05 Å². The number of piperazine rings is 1. The van der Waals surface area contributed by atoms with E-state index in [1.165, 1.54) is 6.07 Å². The molecule has 7 heteroatoms. The highest BCUT2D eigenvalue weighted by Gasteiger charge is 2.24. The zero-order chi connectivity index (χ0) is 13.6. The molecule has 0 bridgehead atoms. The molecular formula is C12H14F2N4S. The topological polar surface area (TPSA) is 35.2 Å². The van der Waals surface area contributed by atoms with Gasteiger partial charge in [0, 0.05) is 32.2 Å². The summed E-state index contributed by atoms with van der Waals surface area (Å²) in [4.78, 5) is 10.5. The Morgan fingerprint density at radius 1 is 1.26 bits per heavy atom. The van der Waals surface area contributed by atoms with Crippen molar-refractivity contribution in [1.82, 2.24) is 14.9 Å². The van der Waals surface area contributed by atoms with Crippen molar-refractivity contribution in [3.63, 3.8) is 0 Å². The van der Waals surface area contributed by atoms with E-state index in [0.29, 0.717) is 18.6 Å². The molecule has 1 aromatic heterocycles. The molecule has 0 amide bonds. The van der Waals surface area contributed by atoms with E-state index >= 15 is 0 Å². The second kappa shape index (κ2) is 4.64. The first-order valence-corrected chi connectivity index (χ1v) is 6.51. The number of halogens is 2. The third kappa shape index (κ3) is 2.17. The molecule has 1 aliphatic rings. The highest BCUT2D eigenvalue weighted by Crippen LogP contribution is 2.30. The Labute approximate surface area is 114 Å². The largest absolute Gasteiger partial charge is 0.364 e. The molecule has 102 valence electrons. The Morgan fingerprint density at radius 3 is 2.63 bits per heavy atom. The first-order chi connectivity index (χ1) is 9.06. The SMILES string of the molecule is CN1CCN(c2c(F)cc3[nH]c(S)nc3c2F)CC1. The molecule has 0 saturated carbocycles. The van der Waals surface area contributed by atoms with Crippen molar-refractivity contribution < 1.29 is 8.78 Å². The predicted octanol–water partition coefficient (Wildman–Crippen LogP) is 1.88. The number of thiol groups is 1.